The van der Waals surface area contributed by atoms with Gasteiger partial charge in [-0.25, -0.2) is 9.59 Å². The number of non-ortho nitro benzene ring substituents is 1. The Morgan fingerprint density at radius 1 is 0.935 bits per heavy atom. The Morgan fingerprint density at radius 2 is 1.48 bits per heavy atom. The third-order valence-corrected chi connectivity index (χ3v) is 8.24. The molecule has 46 heavy (non-hydrogen) atoms. The van der Waals surface area contributed by atoms with E-state index in [0.717, 1.165) is 13.0 Å². The summed E-state index contributed by atoms with van der Waals surface area (Å²) in [4.78, 5) is 40.4. The predicted octanol–water partition coefficient (Wildman–Crippen LogP) is 5.55. The highest BCUT2D eigenvalue weighted by Gasteiger charge is 2.50. The molecule has 3 aromatic carbocycles. The van der Waals surface area contributed by atoms with Crippen molar-refractivity contribution >= 4 is 17.6 Å². The van der Waals surface area contributed by atoms with E-state index in [1.54, 1.807) is 19.9 Å². The van der Waals surface area contributed by atoms with Crippen LogP contribution in [0.2, 0.25) is 0 Å². The Hall–Kier alpha value is -4.80. The topological polar surface area (TPSA) is 137 Å². The fourth-order valence-corrected chi connectivity index (χ4v) is 6.32. The molecule has 242 valence electrons. The molecule has 10 heteroatoms. The quantitative estimate of drug-likeness (QED) is 0.151. The molecule has 0 aliphatic carbocycles. The van der Waals surface area contributed by atoms with Crippen molar-refractivity contribution in [3.63, 3.8) is 0 Å². The molecule has 1 heterocycles. The largest absolute Gasteiger partial charge is 0.466 e. The van der Waals surface area contributed by atoms with Crippen LogP contribution in [0.25, 0.3) is 0 Å². The van der Waals surface area contributed by atoms with E-state index in [1.807, 2.05) is 57.3 Å². The summed E-state index contributed by atoms with van der Waals surface area (Å²) in [5, 5.41) is 14.7. The van der Waals surface area contributed by atoms with Gasteiger partial charge in [0.25, 0.3) is 5.69 Å². The molecule has 0 amide bonds. The third kappa shape index (κ3) is 7.35. The fourth-order valence-electron chi connectivity index (χ4n) is 6.32. The van der Waals surface area contributed by atoms with Gasteiger partial charge in [0.2, 0.25) is 0 Å². The number of dihydropyridines is 1. The number of allylic oxidation sites excluding steroid dienone is 2. The van der Waals surface area contributed by atoms with Crippen LogP contribution in [-0.2, 0) is 24.6 Å². The van der Waals surface area contributed by atoms with Gasteiger partial charge in [-0.05, 0) is 64.4 Å². The van der Waals surface area contributed by atoms with Gasteiger partial charge < -0.3 is 25.4 Å². The average molecular weight is 627 g/mol. The molecule has 0 saturated heterocycles. The second-order valence-electron chi connectivity index (χ2n) is 12.3. The van der Waals surface area contributed by atoms with Crippen molar-refractivity contribution in [3.8, 4) is 0 Å². The lowest BCUT2D eigenvalue weighted by molar-refractivity contribution is -0.385. The number of methoxy groups -OCH3 is 1. The average Bonchev–Trinajstić information content (AvgIpc) is 3.01. The number of carbonyl (C=O) groups is 2. The Labute approximate surface area is 270 Å². The van der Waals surface area contributed by atoms with E-state index in [4.69, 9.17) is 15.2 Å². The molecule has 3 N–H and O–H groups in total. The van der Waals surface area contributed by atoms with Crippen molar-refractivity contribution in [2.75, 3.05) is 27.2 Å². The van der Waals surface area contributed by atoms with Gasteiger partial charge in [0, 0.05) is 36.0 Å². The Balaban J connectivity index is 1.58. The standard InChI is InChI=1S/C36H42N4O6/c1-24-31(33(41)45-6)36(37,28-18-13-19-29(22-28)40(43)44)32(25(2)38-24)34(42)46-35(3,4)23-39(5)21-20-30(26-14-9-7-10-15-26)27-16-11-8-12-17-27/h7-19,22,30,38H,20-21,23,37H2,1-6H3/t36-/m0/s1. The number of hydrogen-bond acceptors (Lipinski definition) is 9. The van der Waals surface area contributed by atoms with Gasteiger partial charge in [0.15, 0.2) is 0 Å². The second kappa shape index (κ2) is 14.1. The van der Waals surface area contributed by atoms with E-state index in [1.165, 1.54) is 36.4 Å². The number of hydrogen-bond donors (Lipinski definition) is 2. The molecule has 0 saturated carbocycles. The van der Waals surface area contributed by atoms with E-state index < -0.39 is 28.0 Å². The van der Waals surface area contributed by atoms with Crippen LogP contribution in [0.1, 0.15) is 56.7 Å². The number of nitrogens with zero attached hydrogens (tertiary/aromatic N) is 2. The predicted molar refractivity (Wildman–Crippen MR) is 177 cm³/mol. The fraction of sp³-hybridized carbons (Fsp3) is 0.333. The molecule has 0 aromatic heterocycles. The van der Waals surface area contributed by atoms with E-state index in [2.05, 4.69) is 34.5 Å². The summed E-state index contributed by atoms with van der Waals surface area (Å²) in [6.45, 7) is 8.04. The van der Waals surface area contributed by atoms with Crippen LogP contribution in [0.5, 0.6) is 0 Å². The molecule has 1 aliphatic rings. The molecule has 0 bridgehead atoms. The molecule has 3 aromatic rings. The lowest BCUT2D eigenvalue weighted by atomic mass is 9.73. The number of nitro benzene ring substituents is 1. The summed E-state index contributed by atoms with van der Waals surface area (Å²) >= 11 is 0. The zero-order chi connectivity index (χ0) is 33.6. The summed E-state index contributed by atoms with van der Waals surface area (Å²) in [7, 11) is 3.19. The van der Waals surface area contributed by atoms with Crippen LogP contribution in [0.3, 0.4) is 0 Å². The molecule has 0 radical (unpaired) electrons. The first-order valence-corrected chi connectivity index (χ1v) is 15.1. The number of nitrogens with one attached hydrogen (secondary N) is 1. The van der Waals surface area contributed by atoms with Crippen LogP contribution >= 0.6 is 0 Å². The minimum absolute atomic E-state index is 0.0389. The van der Waals surface area contributed by atoms with Gasteiger partial charge in [-0.3, -0.25) is 10.1 Å². The van der Waals surface area contributed by atoms with Crippen LogP contribution in [0, 0.1) is 10.1 Å². The number of nitrogens with two attached hydrogens (primary N) is 1. The number of rotatable bonds is 12. The first-order chi connectivity index (χ1) is 21.8. The zero-order valence-electron chi connectivity index (χ0n) is 27.2. The van der Waals surface area contributed by atoms with Gasteiger partial charge in [-0.1, -0.05) is 72.8 Å². The van der Waals surface area contributed by atoms with Crippen molar-refractivity contribution in [2.24, 2.45) is 5.73 Å². The molecular formula is C36H42N4O6. The number of ether oxygens (including phenoxy) is 2. The van der Waals surface area contributed by atoms with Gasteiger partial charge in [-0.15, -0.1) is 0 Å². The highest BCUT2D eigenvalue weighted by molar-refractivity contribution is 6.01. The van der Waals surface area contributed by atoms with Gasteiger partial charge in [0.05, 0.1) is 23.2 Å². The minimum Gasteiger partial charge on any atom is -0.466 e. The van der Waals surface area contributed by atoms with Crippen molar-refractivity contribution in [1.29, 1.82) is 0 Å². The molecule has 1 atom stereocenters. The summed E-state index contributed by atoms with van der Waals surface area (Å²) < 4.78 is 11.2. The summed E-state index contributed by atoms with van der Waals surface area (Å²) in [5.41, 5.74) is 7.19. The molecule has 10 nitrogen and oxygen atoms in total. The SMILES string of the molecule is COC(=O)C1=C(C)NC(C)=C(C(=O)OC(C)(C)CN(C)CCC(c2ccccc2)c2ccccc2)[C@]1(N)c1cccc([N+](=O)[O-])c1. The second-order valence-corrected chi connectivity index (χ2v) is 12.3. The summed E-state index contributed by atoms with van der Waals surface area (Å²) in [6, 6.07) is 26.3. The smallest absolute Gasteiger partial charge is 0.338 e. The maximum absolute atomic E-state index is 14.1. The van der Waals surface area contributed by atoms with Crippen molar-refractivity contribution in [2.45, 2.75) is 51.2 Å². The van der Waals surface area contributed by atoms with Crippen LogP contribution in [0.15, 0.2) is 107 Å². The van der Waals surface area contributed by atoms with Crippen molar-refractivity contribution < 1.29 is 24.0 Å². The van der Waals surface area contributed by atoms with Crippen LogP contribution < -0.4 is 11.1 Å². The van der Waals surface area contributed by atoms with E-state index in [9.17, 15) is 19.7 Å². The normalized spacial score (nSPS) is 16.8. The van der Waals surface area contributed by atoms with Gasteiger partial charge >= 0.3 is 11.9 Å². The van der Waals surface area contributed by atoms with E-state index in [-0.39, 0.29) is 28.3 Å². The van der Waals surface area contributed by atoms with Crippen molar-refractivity contribution in [3.05, 3.63) is 134 Å². The summed E-state index contributed by atoms with van der Waals surface area (Å²) in [6.07, 6.45) is 0.841. The highest BCUT2D eigenvalue weighted by atomic mass is 16.6. The molecular weight excluding hydrogens is 584 g/mol. The van der Waals surface area contributed by atoms with E-state index in [0.29, 0.717) is 17.9 Å². The zero-order valence-corrected chi connectivity index (χ0v) is 27.2. The third-order valence-electron chi connectivity index (χ3n) is 8.24. The number of esters is 2. The van der Waals surface area contributed by atoms with Crippen molar-refractivity contribution in [1.82, 2.24) is 10.2 Å². The Kier molecular flexibility index (Phi) is 10.4. The number of nitro groups is 1. The van der Waals surface area contributed by atoms with Gasteiger partial charge in [-0.2, -0.15) is 0 Å². The Bertz CT molecular complexity index is 1610. The monoisotopic (exact) mass is 626 g/mol. The number of carbonyl (C=O) groups excluding carboxylic acids is 2. The maximum atomic E-state index is 14.1. The number of benzene rings is 3. The summed E-state index contributed by atoms with van der Waals surface area (Å²) in [5.74, 6) is -1.34. The van der Waals surface area contributed by atoms with Crippen LogP contribution in [-0.4, -0.2) is 54.6 Å². The van der Waals surface area contributed by atoms with E-state index >= 15 is 0 Å². The first kappa shape index (κ1) is 34.1. The highest BCUT2D eigenvalue weighted by Crippen LogP contribution is 2.42. The lowest BCUT2D eigenvalue weighted by Crippen LogP contribution is -2.52. The maximum Gasteiger partial charge on any atom is 0.338 e. The molecule has 1 aliphatic heterocycles. The molecule has 0 unspecified atom stereocenters. The molecule has 0 spiro atoms. The Morgan fingerprint density at radius 3 is 2.00 bits per heavy atom. The van der Waals surface area contributed by atoms with Gasteiger partial charge in [0.1, 0.15) is 11.1 Å². The lowest BCUT2D eigenvalue weighted by Gasteiger charge is -2.40. The molecule has 0 fully saturated rings. The molecule has 4 rings (SSSR count). The van der Waals surface area contributed by atoms with Crippen LogP contribution in [0.4, 0.5) is 5.69 Å². The minimum atomic E-state index is -1.89. The first-order valence-electron chi connectivity index (χ1n) is 15.1. The number of likely N-dealkylation sites (N-methyl/N-ethyl adjacent to an activating group) is 1.